The van der Waals surface area contributed by atoms with Crippen LogP contribution in [0.3, 0.4) is 0 Å². The first-order valence-electron chi connectivity index (χ1n) is 10.4. The van der Waals surface area contributed by atoms with E-state index in [9.17, 15) is 18.3 Å². The molecule has 0 radical (unpaired) electrons. The van der Waals surface area contributed by atoms with Gasteiger partial charge < -0.3 is 9.84 Å². The van der Waals surface area contributed by atoms with Crippen LogP contribution in [0.1, 0.15) is 59.7 Å². The minimum atomic E-state index is -4.46. The Balaban J connectivity index is 1.56. The van der Waals surface area contributed by atoms with Gasteiger partial charge >= 0.3 is 6.18 Å². The van der Waals surface area contributed by atoms with Gasteiger partial charge in [0.25, 0.3) is 0 Å². The molecule has 4 rings (SSSR count). The molecular weight excluding hydrogens is 417 g/mol. The molecule has 1 spiro atoms. The molecule has 2 aromatic heterocycles. The number of likely N-dealkylation sites (tertiary alicyclic amines) is 1. The number of nitrogens with zero attached hydrogens (tertiary/aromatic N) is 4. The number of hydrogen-bond donors (Lipinski definition) is 1. The van der Waals surface area contributed by atoms with Crippen molar-refractivity contribution in [1.29, 1.82) is 0 Å². The quantitative estimate of drug-likeness (QED) is 0.762. The van der Waals surface area contributed by atoms with Gasteiger partial charge in [0.05, 0.1) is 18.9 Å². The number of aromatic nitrogens is 3. The lowest BCUT2D eigenvalue weighted by atomic mass is 9.81. The molecule has 1 saturated heterocycles. The summed E-state index contributed by atoms with van der Waals surface area (Å²) in [5.41, 5.74) is 0.869. The summed E-state index contributed by atoms with van der Waals surface area (Å²) in [6.45, 7) is 6.15. The van der Waals surface area contributed by atoms with E-state index in [4.69, 9.17) is 4.74 Å². The van der Waals surface area contributed by atoms with Gasteiger partial charge in [0.15, 0.2) is 0 Å². The summed E-state index contributed by atoms with van der Waals surface area (Å²) in [4.78, 5) is 2.27. The van der Waals surface area contributed by atoms with Crippen LogP contribution in [0.2, 0.25) is 0 Å². The van der Waals surface area contributed by atoms with Gasteiger partial charge in [-0.2, -0.15) is 13.2 Å². The molecule has 0 amide bonds. The third-order valence-electron chi connectivity index (χ3n) is 6.13. The standard InChI is InChI=1S/C20H27F3N4O2S/c1-3-6-27-11-14(24-25-27)10-26-7-5-19(9-13(26)2)17-15(4-8-29-19)16(12-28)18(30-17)20(21,22)23/h11,13,28H,3-10,12H2,1-2H3/t13-,19+/m0/s1. The maximum absolute atomic E-state index is 13.6. The van der Waals surface area contributed by atoms with Crippen molar-refractivity contribution in [2.45, 2.75) is 77.0 Å². The zero-order valence-corrected chi connectivity index (χ0v) is 18.0. The lowest BCUT2D eigenvalue weighted by molar-refractivity contribution is -0.135. The largest absolute Gasteiger partial charge is 0.425 e. The van der Waals surface area contributed by atoms with Crippen molar-refractivity contribution in [3.05, 3.63) is 32.8 Å². The second-order valence-corrected chi connectivity index (χ2v) is 9.23. The molecule has 2 aromatic rings. The van der Waals surface area contributed by atoms with E-state index in [0.29, 0.717) is 49.4 Å². The first kappa shape index (κ1) is 21.7. The third kappa shape index (κ3) is 3.90. The predicted molar refractivity (Wildman–Crippen MR) is 106 cm³/mol. The van der Waals surface area contributed by atoms with E-state index in [0.717, 1.165) is 30.0 Å². The highest BCUT2D eigenvalue weighted by Gasteiger charge is 2.48. The summed E-state index contributed by atoms with van der Waals surface area (Å²) in [5.74, 6) is 0. The number of aryl methyl sites for hydroxylation is 1. The molecule has 2 aliphatic heterocycles. The third-order valence-corrected chi connectivity index (χ3v) is 7.64. The number of ether oxygens (including phenoxy) is 1. The molecule has 1 fully saturated rings. The van der Waals surface area contributed by atoms with Crippen molar-refractivity contribution < 1.29 is 23.0 Å². The Labute approximate surface area is 177 Å². The Morgan fingerprint density at radius 3 is 2.87 bits per heavy atom. The molecule has 0 bridgehead atoms. The Morgan fingerprint density at radius 1 is 1.40 bits per heavy atom. The maximum Gasteiger partial charge on any atom is 0.425 e. The van der Waals surface area contributed by atoms with Crippen molar-refractivity contribution in [3.8, 4) is 0 Å². The molecule has 4 heterocycles. The van der Waals surface area contributed by atoms with Crippen LogP contribution in [0.15, 0.2) is 6.20 Å². The van der Waals surface area contributed by atoms with Gasteiger partial charge in [-0.3, -0.25) is 9.58 Å². The van der Waals surface area contributed by atoms with Gasteiger partial charge in [0, 0.05) is 42.3 Å². The van der Waals surface area contributed by atoms with Gasteiger partial charge in [0.2, 0.25) is 0 Å². The maximum atomic E-state index is 13.6. The minimum absolute atomic E-state index is 0.0350. The monoisotopic (exact) mass is 444 g/mol. The van der Waals surface area contributed by atoms with Crippen molar-refractivity contribution >= 4 is 11.3 Å². The van der Waals surface area contributed by atoms with Crippen LogP contribution in [0.25, 0.3) is 0 Å². The van der Waals surface area contributed by atoms with E-state index in [2.05, 4.69) is 29.1 Å². The summed E-state index contributed by atoms with van der Waals surface area (Å²) in [5, 5.41) is 18.0. The molecule has 1 N–H and O–H groups in total. The summed E-state index contributed by atoms with van der Waals surface area (Å²) in [6, 6.07) is 0.120. The molecule has 0 aliphatic carbocycles. The molecule has 6 nitrogen and oxygen atoms in total. The topological polar surface area (TPSA) is 63.4 Å². The number of aliphatic hydroxyl groups excluding tert-OH is 1. The zero-order valence-electron chi connectivity index (χ0n) is 17.2. The number of thiophene rings is 1. The average molecular weight is 445 g/mol. The number of fused-ring (bicyclic) bond motifs is 2. The van der Waals surface area contributed by atoms with Crippen LogP contribution in [-0.4, -0.2) is 44.2 Å². The van der Waals surface area contributed by atoms with E-state index in [-0.39, 0.29) is 11.6 Å². The first-order chi connectivity index (χ1) is 14.3. The smallest absolute Gasteiger partial charge is 0.392 e. The molecule has 0 aromatic carbocycles. The number of rotatable bonds is 5. The second-order valence-electron chi connectivity index (χ2n) is 8.21. The van der Waals surface area contributed by atoms with Crippen LogP contribution in [0, 0.1) is 0 Å². The van der Waals surface area contributed by atoms with Gasteiger partial charge in [-0.15, -0.1) is 16.4 Å². The van der Waals surface area contributed by atoms with E-state index < -0.39 is 23.3 Å². The van der Waals surface area contributed by atoms with Crippen LogP contribution < -0.4 is 0 Å². The highest BCUT2D eigenvalue weighted by molar-refractivity contribution is 7.12. The molecule has 0 saturated carbocycles. The second kappa shape index (κ2) is 8.22. The Morgan fingerprint density at radius 2 is 2.20 bits per heavy atom. The summed E-state index contributed by atoms with van der Waals surface area (Å²) < 4.78 is 48.7. The number of hydrogen-bond acceptors (Lipinski definition) is 6. The number of piperidine rings is 1. The SMILES string of the molecule is CCCn1cc(CN2CC[C@]3(C[C@@H]2C)OCCc2c3sc(C(F)(F)F)c2CO)nn1. The molecule has 10 heteroatoms. The van der Waals surface area contributed by atoms with Gasteiger partial charge in [0.1, 0.15) is 10.5 Å². The Hall–Kier alpha value is -1.49. The lowest BCUT2D eigenvalue weighted by Crippen LogP contribution is -2.50. The van der Waals surface area contributed by atoms with Crippen LogP contribution in [0.5, 0.6) is 0 Å². The van der Waals surface area contributed by atoms with Crippen molar-refractivity contribution in [3.63, 3.8) is 0 Å². The van der Waals surface area contributed by atoms with E-state index in [1.165, 1.54) is 0 Å². The number of aliphatic hydroxyl groups is 1. The Bertz CT molecular complexity index is 897. The number of halogens is 3. The Kier molecular flexibility index (Phi) is 5.95. The summed E-state index contributed by atoms with van der Waals surface area (Å²) in [7, 11) is 0. The highest BCUT2D eigenvalue weighted by Crippen LogP contribution is 2.51. The highest BCUT2D eigenvalue weighted by atomic mass is 32.1. The lowest BCUT2D eigenvalue weighted by Gasteiger charge is -2.47. The summed E-state index contributed by atoms with van der Waals surface area (Å²) >= 11 is 0.761. The molecule has 166 valence electrons. The van der Waals surface area contributed by atoms with Gasteiger partial charge in [-0.25, -0.2) is 0 Å². The van der Waals surface area contributed by atoms with Crippen molar-refractivity contribution in [1.82, 2.24) is 19.9 Å². The van der Waals surface area contributed by atoms with E-state index in [1.807, 2.05) is 10.9 Å². The molecule has 30 heavy (non-hydrogen) atoms. The van der Waals surface area contributed by atoms with Gasteiger partial charge in [-0.05, 0) is 38.2 Å². The molecule has 2 aliphatic rings. The summed E-state index contributed by atoms with van der Waals surface area (Å²) in [6.07, 6.45) is 0.137. The van der Waals surface area contributed by atoms with Gasteiger partial charge in [-0.1, -0.05) is 12.1 Å². The fourth-order valence-electron chi connectivity index (χ4n) is 4.72. The van der Waals surface area contributed by atoms with E-state index in [1.54, 1.807) is 0 Å². The van der Waals surface area contributed by atoms with Crippen molar-refractivity contribution in [2.75, 3.05) is 13.2 Å². The van der Waals surface area contributed by atoms with Crippen LogP contribution in [-0.2, 0) is 42.6 Å². The minimum Gasteiger partial charge on any atom is -0.392 e. The predicted octanol–water partition coefficient (Wildman–Crippen LogP) is 3.71. The first-order valence-corrected chi connectivity index (χ1v) is 11.2. The van der Waals surface area contributed by atoms with E-state index >= 15 is 0 Å². The van der Waals surface area contributed by atoms with Crippen LogP contribution in [0.4, 0.5) is 13.2 Å². The molecule has 2 atom stereocenters. The number of alkyl halides is 3. The van der Waals surface area contributed by atoms with Crippen molar-refractivity contribution in [2.24, 2.45) is 0 Å². The normalized spacial score (nSPS) is 25.1. The molecule has 0 unspecified atom stereocenters. The fraction of sp³-hybridized carbons (Fsp3) is 0.700. The zero-order chi connectivity index (χ0) is 21.5. The molecular formula is C20H27F3N4O2S. The van der Waals surface area contributed by atoms with Crippen LogP contribution >= 0.6 is 11.3 Å². The average Bonchev–Trinajstić information content (AvgIpc) is 3.29. The fourth-order valence-corrected chi connectivity index (χ4v) is 6.13.